The fourth-order valence-corrected chi connectivity index (χ4v) is 6.99. The Kier molecular flexibility index (Phi) is 7.22. The third kappa shape index (κ3) is 5.23. The number of nitrogens with zero attached hydrogens (tertiary/aromatic N) is 3. The Morgan fingerprint density at radius 3 is 1.29 bits per heavy atom. The van der Waals surface area contributed by atoms with Crippen LogP contribution in [-0.4, -0.2) is 9.13 Å². The molecule has 0 aliphatic rings. The van der Waals surface area contributed by atoms with Gasteiger partial charge in [-0.1, -0.05) is 60.7 Å². The van der Waals surface area contributed by atoms with E-state index in [1.165, 1.54) is 45.5 Å². The fraction of sp³-hybridized carbons (Fsp3) is 0.0750. The van der Waals surface area contributed by atoms with E-state index in [4.69, 9.17) is 0 Å². The van der Waals surface area contributed by atoms with E-state index in [-0.39, 0.29) is 39.1 Å². The van der Waals surface area contributed by atoms with E-state index >= 15 is 0 Å². The summed E-state index contributed by atoms with van der Waals surface area (Å²) in [4.78, 5) is 0. The smallest absolute Gasteiger partial charge is 0.308 e. The fourth-order valence-electron chi connectivity index (χ4n) is 6.99. The second-order valence-corrected chi connectivity index (χ2v) is 12.2. The summed E-state index contributed by atoms with van der Waals surface area (Å²) in [7, 11) is 0. The van der Waals surface area contributed by atoms with E-state index < -0.39 is 35.2 Å². The summed E-state index contributed by atoms with van der Waals surface area (Å²) in [5.41, 5.74) is -2.11. The van der Waals surface area contributed by atoms with Crippen molar-refractivity contribution in [2.24, 2.45) is 0 Å². The third-order valence-electron chi connectivity index (χ3n) is 9.19. The van der Waals surface area contributed by atoms with Crippen LogP contribution in [0.5, 0.6) is 0 Å². The lowest BCUT2D eigenvalue weighted by atomic mass is 9.96. The molecule has 258 valence electrons. The van der Waals surface area contributed by atoms with Gasteiger partial charge in [-0.2, -0.15) is 44.8 Å². The number of rotatable bonds is 3. The summed E-state index contributed by atoms with van der Waals surface area (Å²) < 4.78 is 130. The van der Waals surface area contributed by atoms with Crippen LogP contribution in [0.3, 0.4) is 0 Å². The molecule has 0 saturated carbocycles. The maximum atomic E-state index is 14.2. The first-order chi connectivity index (χ1) is 24.6. The Labute approximate surface area is 288 Å². The quantitative estimate of drug-likeness (QED) is 0.168. The van der Waals surface area contributed by atoms with Crippen molar-refractivity contribution in [2.45, 2.75) is 18.5 Å². The van der Waals surface area contributed by atoms with Gasteiger partial charge in [-0.25, -0.2) is 0 Å². The third-order valence-corrected chi connectivity index (χ3v) is 9.19. The van der Waals surface area contributed by atoms with Gasteiger partial charge in [0.05, 0.1) is 61.8 Å². The lowest BCUT2D eigenvalue weighted by molar-refractivity contribution is -0.138. The molecule has 8 rings (SSSR count). The van der Waals surface area contributed by atoms with Crippen LogP contribution in [0, 0.1) is 11.3 Å². The molecule has 0 amide bonds. The van der Waals surface area contributed by atoms with Crippen molar-refractivity contribution in [3.63, 3.8) is 0 Å². The van der Waals surface area contributed by atoms with Gasteiger partial charge in [0.2, 0.25) is 0 Å². The van der Waals surface area contributed by atoms with Crippen LogP contribution in [-0.2, 0) is 18.5 Å². The molecule has 0 unspecified atom stereocenters. The van der Waals surface area contributed by atoms with Crippen LogP contribution in [0.25, 0.3) is 66.1 Å². The van der Waals surface area contributed by atoms with Crippen molar-refractivity contribution in [1.29, 1.82) is 5.26 Å². The summed E-state index contributed by atoms with van der Waals surface area (Å²) in [6.07, 6.45) is -14.3. The summed E-state index contributed by atoms with van der Waals surface area (Å²) in [5.74, 6) is 0. The van der Waals surface area contributed by atoms with Crippen molar-refractivity contribution >= 4 is 43.6 Å². The second-order valence-electron chi connectivity index (χ2n) is 12.2. The van der Waals surface area contributed by atoms with Gasteiger partial charge in [-0.15, -0.1) is 0 Å². The molecule has 0 fully saturated rings. The van der Waals surface area contributed by atoms with Gasteiger partial charge in [0.25, 0.3) is 0 Å². The van der Waals surface area contributed by atoms with E-state index in [0.717, 1.165) is 36.4 Å². The maximum Gasteiger partial charge on any atom is 0.416 e. The molecule has 0 aliphatic carbocycles. The molecule has 0 aliphatic heterocycles. The highest BCUT2D eigenvalue weighted by Gasteiger charge is 2.34. The first-order valence-electron chi connectivity index (χ1n) is 15.6. The van der Waals surface area contributed by atoms with Crippen molar-refractivity contribution in [3.05, 3.63) is 144 Å². The normalized spacial score (nSPS) is 12.7. The molecule has 0 bridgehead atoms. The van der Waals surface area contributed by atoms with Crippen molar-refractivity contribution < 1.29 is 39.5 Å². The topological polar surface area (TPSA) is 33.6 Å². The number of benzene rings is 6. The summed E-state index contributed by atoms with van der Waals surface area (Å²) in [6.45, 7) is 0. The number of para-hydroxylation sites is 2. The number of hydrogen-bond donors (Lipinski definition) is 0. The lowest BCUT2D eigenvalue weighted by Gasteiger charge is -2.22. The molecule has 8 aromatic rings. The summed E-state index contributed by atoms with van der Waals surface area (Å²) >= 11 is 0. The number of halogens is 9. The monoisotopic (exact) mass is 713 g/mol. The van der Waals surface area contributed by atoms with E-state index in [1.807, 2.05) is 6.07 Å². The van der Waals surface area contributed by atoms with Crippen LogP contribution in [0.1, 0.15) is 22.3 Å². The Morgan fingerprint density at radius 2 is 0.846 bits per heavy atom. The number of fused-ring (bicyclic) bond motifs is 6. The molecule has 0 N–H and O–H groups in total. The maximum absolute atomic E-state index is 14.2. The number of nitriles is 1. The molecule has 0 saturated heterocycles. The standard InChI is InChI=1S/C40H20F9N3/c41-38(42,43)24-7-5-6-23(18-24)37-35(51-31-10-3-1-8-27(31)29-14-12-25(19-33(29)51)39(44,45)46)16-22(21-50)17-36(37)52-32-11-4-2-9-28(32)30-15-13-26(20-34(30)52)40(47,48)49/h1-20H. The Morgan fingerprint density at radius 1 is 0.423 bits per heavy atom. The van der Waals surface area contributed by atoms with Gasteiger partial charge in [0.15, 0.2) is 0 Å². The molecule has 0 spiro atoms. The molecular weight excluding hydrogens is 693 g/mol. The molecule has 6 aromatic carbocycles. The molecule has 3 nitrogen and oxygen atoms in total. The number of alkyl halides is 9. The molecule has 2 aromatic heterocycles. The van der Waals surface area contributed by atoms with Crippen LogP contribution in [0.4, 0.5) is 39.5 Å². The number of aromatic nitrogens is 2. The number of hydrogen-bond acceptors (Lipinski definition) is 1. The molecule has 12 heteroatoms. The van der Waals surface area contributed by atoms with Crippen molar-refractivity contribution in [1.82, 2.24) is 9.13 Å². The SMILES string of the molecule is N#Cc1cc(-n2c3ccccc3c3ccc(C(F)(F)F)cc32)c(-c2cccc(C(F)(F)F)c2)c(-n2c3ccccc3c3ccc(C(F)(F)F)cc32)c1. The minimum Gasteiger partial charge on any atom is -0.308 e. The van der Waals surface area contributed by atoms with Gasteiger partial charge in [-0.05, 0) is 66.2 Å². The molecule has 2 heterocycles. The highest BCUT2D eigenvalue weighted by molar-refractivity contribution is 6.12. The van der Waals surface area contributed by atoms with Gasteiger partial charge in [0, 0.05) is 27.1 Å². The molecule has 0 atom stereocenters. The summed E-state index contributed by atoms with van der Waals surface area (Å²) in [6, 6.07) is 28.7. The Hall–Kier alpha value is -6.22. The Balaban J connectivity index is 1.61. The largest absolute Gasteiger partial charge is 0.416 e. The van der Waals surface area contributed by atoms with Crippen LogP contribution >= 0.6 is 0 Å². The van der Waals surface area contributed by atoms with E-state index in [0.29, 0.717) is 32.6 Å². The van der Waals surface area contributed by atoms with E-state index in [2.05, 4.69) is 0 Å². The zero-order chi connectivity index (χ0) is 36.7. The average molecular weight is 714 g/mol. The summed E-state index contributed by atoms with van der Waals surface area (Å²) in [5, 5.41) is 12.2. The minimum atomic E-state index is -4.80. The first kappa shape index (κ1) is 33.0. The molecule has 0 radical (unpaired) electrons. The van der Waals surface area contributed by atoms with E-state index in [9.17, 15) is 44.8 Å². The zero-order valence-corrected chi connectivity index (χ0v) is 26.3. The van der Waals surface area contributed by atoms with Crippen LogP contribution in [0.15, 0.2) is 121 Å². The molecule has 52 heavy (non-hydrogen) atoms. The predicted octanol–water partition coefficient (Wildman–Crippen LogP) is 12.5. The Bertz CT molecular complexity index is 2620. The highest BCUT2D eigenvalue weighted by atomic mass is 19.4. The molecular formula is C40H20F9N3. The predicted molar refractivity (Wildman–Crippen MR) is 180 cm³/mol. The van der Waals surface area contributed by atoms with Gasteiger partial charge in [0.1, 0.15) is 0 Å². The minimum absolute atomic E-state index is 0.0326. The highest BCUT2D eigenvalue weighted by Crippen LogP contribution is 2.45. The van der Waals surface area contributed by atoms with Crippen LogP contribution < -0.4 is 0 Å². The average Bonchev–Trinajstić information content (AvgIpc) is 3.62. The first-order valence-corrected chi connectivity index (χ1v) is 15.6. The van der Waals surface area contributed by atoms with Gasteiger partial charge in [-0.3, -0.25) is 0 Å². The lowest BCUT2D eigenvalue weighted by Crippen LogP contribution is -2.08. The zero-order valence-electron chi connectivity index (χ0n) is 26.3. The van der Waals surface area contributed by atoms with Gasteiger partial charge >= 0.3 is 18.5 Å². The second kappa shape index (κ2) is 11.4. The van der Waals surface area contributed by atoms with Crippen molar-refractivity contribution in [3.8, 4) is 28.6 Å². The van der Waals surface area contributed by atoms with Crippen LogP contribution in [0.2, 0.25) is 0 Å². The van der Waals surface area contributed by atoms with E-state index in [1.54, 1.807) is 48.5 Å². The van der Waals surface area contributed by atoms with Gasteiger partial charge < -0.3 is 9.13 Å². The van der Waals surface area contributed by atoms with Crippen molar-refractivity contribution in [2.75, 3.05) is 0 Å².